The molecule has 156 valence electrons. The van der Waals surface area contributed by atoms with Crippen molar-refractivity contribution in [1.82, 2.24) is 0 Å². The zero-order valence-electron chi connectivity index (χ0n) is 17.5. The highest BCUT2D eigenvalue weighted by molar-refractivity contribution is 7.84. The van der Waals surface area contributed by atoms with Gasteiger partial charge in [-0.2, -0.15) is 0 Å². The lowest BCUT2D eigenvalue weighted by molar-refractivity contribution is -0.205. The number of carboxylic acids is 1. The zero-order valence-corrected chi connectivity index (χ0v) is 18.3. The van der Waals surface area contributed by atoms with Gasteiger partial charge < -0.3 is 10.2 Å². The molecule has 0 aliphatic heterocycles. The van der Waals surface area contributed by atoms with Crippen molar-refractivity contribution in [3.8, 4) is 0 Å². The lowest BCUT2D eigenvalue weighted by atomic mass is 9.41. The molecule has 0 aromatic heterocycles. The van der Waals surface area contributed by atoms with Crippen molar-refractivity contribution in [2.24, 2.45) is 34.0 Å². The third-order valence-electron chi connectivity index (χ3n) is 8.60. The molecule has 4 rings (SSSR count). The maximum absolute atomic E-state index is 11.9. The highest BCUT2D eigenvalue weighted by Crippen LogP contribution is 2.67. The number of hydrogen-bond donors (Lipinski definition) is 2. The number of aliphatic hydroxyl groups excluding tert-OH is 1. The molecule has 7 atom stereocenters. The first-order chi connectivity index (χ1) is 12.5. The molecule has 0 aromatic rings. The molecule has 1 unspecified atom stereocenters. The Kier molecular flexibility index (Phi) is 5.87. The summed E-state index contributed by atoms with van der Waals surface area (Å²) in [5.41, 5.74) is -0.457. The minimum atomic E-state index is -0.855. The van der Waals surface area contributed by atoms with Crippen LogP contribution < -0.4 is 0 Å². The number of fused-ring (bicyclic) bond motifs is 2. The maximum Gasteiger partial charge on any atom is 0.309 e. The first-order valence-corrected chi connectivity index (χ1v) is 12.5. The lowest BCUT2D eigenvalue weighted by Gasteiger charge is -2.65. The molecule has 4 fully saturated rings. The van der Waals surface area contributed by atoms with Crippen LogP contribution in [0.5, 0.6) is 0 Å². The zero-order chi connectivity index (χ0) is 20.0. The van der Waals surface area contributed by atoms with E-state index in [0.29, 0.717) is 24.0 Å². The predicted octanol–water partition coefficient (Wildman–Crippen LogP) is 4.23. The van der Waals surface area contributed by atoms with Gasteiger partial charge in [0.15, 0.2) is 0 Å². The highest BCUT2D eigenvalue weighted by atomic mass is 32.2. The Balaban J connectivity index is 1.75. The molecule has 0 radical (unpaired) electrons. The van der Waals surface area contributed by atoms with Crippen LogP contribution in [-0.2, 0) is 15.6 Å². The fourth-order valence-corrected chi connectivity index (χ4v) is 7.97. The van der Waals surface area contributed by atoms with E-state index in [0.717, 1.165) is 38.5 Å². The number of aliphatic hydroxyl groups is 1. The summed E-state index contributed by atoms with van der Waals surface area (Å²) < 4.78 is 11.9. The fraction of sp³-hybridized carbons (Fsp3) is 0.955. The van der Waals surface area contributed by atoms with Gasteiger partial charge in [-0.3, -0.25) is 9.00 Å². The number of carboxylic acid groups (broad SMARTS) is 1. The van der Waals surface area contributed by atoms with E-state index in [4.69, 9.17) is 0 Å². The lowest BCUT2D eigenvalue weighted by Crippen LogP contribution is -2.63. The van der Waals surface area contributed by atoms with E-state index in [1.807, 2.05) is 13.8 Å². The molecule has 5 heteroatoms. The molecule has 4 aliphatic carbocycles. The fourth-order valence-electron chi connectivity index (χ4n) is 6.97. The summed E-state index contributed by atoms with van der Waals surface area (Å²) in [5, 5.41) is 20.7. The van der Waals surface area contributed by atoms with Crippen LogP contribution in [0.4, 0.5) is 0 Å². The maximum atomic E-state index is 11.9. The van der Waals surface area contributed by atoms with E-state index in [2.05, 4.69) is 6.92 Å². The van der Waals surface area contributed by atoms with Crippen molar-refractivity contribution in [1.29, 1.82) is 0 Å². The van der Waals surface area contributed by atoms with E-state index in [1.54, 1.807) is 6.26 Å². The number of hydrogen-bond acceptors (Lipinski definition) is 3. The third-order valence-corrected chi connectivity index (χ3v) is 9.45. The summed E-state index contributed by atoms with van der Waals surface area (Å²) in [4.78, 5) is 11.4. The van der Waals surface area contributed by atoms with Crippen molar-refractivity contribution < 1.29 is 19.2 Å². The second-order valence-corrected chi connectivity index (χ2v) is 12.2. The SMILES string of the molecule is CS(=O)C[C@H]1[C@H]2CC[C@@]3(CCC[C@@](C)(CCCC(C)(C)C(=O)O)[C@@H]3C2)[C@@H]1O. The van der Waals surface area contributed by atoms with Gasteiger partial charge in [0.25, 0.3) is 0 Å². The first kappa shape index (κ1) is 21.3. The van der Waals surface area contributed by atoms with Crippen molar-refractivity contribution in [2.75, 3.05) is 12.0 Å². The number of carbonyl (C=O) groups is 1. The van der Waals surface area contributed by atoms with Gasteiger partial charge in [0.1, 0.15) is 0 Å². The van der Waals surface area contributed by atoms with Crippen LogP contribution in [0.3, 0.4) is 0 Å². The Morgan fingerprint density at radius 3 is 2.59 bits per heavy atom. The molecule has 0 saturated heterocycles. The standard InChI is InChI=1S/C22H38O4S/c1-20(2,19(24)25)8-5-9-21(3)10-6-11-22-12-7-15(13-17(21)22)16(18(22)23)14-27(4)26/h15-18,23H,5-14H2,1-4H3,(H,24,25)/t15-,16-,17-,18+,21+,22+,27?/m0/s1. The second-order valence-electron chi connectivity index (χ2n) is 10.7. The summed E-state index contributed by atoms with van der Waals surface area (Å²) in [6.45, 7) is 6.04. The van der Waals surface area contributed by atoms with Crippen LogP contribution in [-0.4, -0.2) is 38.5 Å². The molecular weight excluding hydrogens is 360 g/mol. The Hall–Kier alpha value is -0.420. The largest absolute Gasteiger partial charge is 0.481 e. The van der Waals surface area contributed by atoms with Gasteiger partial charge in [0, 0.05) is 22.8 Å². The van der Waals surface area contributed by atoms with Crippen molar-refractivity contribution in [3.63, 3.8) is 0 Å². The van der Waals surface area contributed by atoms with E-state index in [1.165, 1.54) is 12.8 Å². The molecule has 1 spiro atoms. The van der Waals surface area contributed by atoms with Crippen LogP contribution in [0.25, 0.3) is 0 Å². The summed E-state index contributed by atoms with van der Waals surface area (Å²) >= 11 is 0. The Morgan fingerprint density at radius 2 is 1.96 bits per heavy atom. The van der Waals surface area contributed by atoms with Crippen molar-refractivity contribution in [2.45, 2.75) is 84.7 Å². The summed E-state index contributed by atoms with van der Waals surface area (Å²) in [5.74, 6) is 1.17. The summed E-state index contributed by atoms with van der Waals surface area (Å²) in [7, 11) is -0.855. The molecule has 0 amide bonds. The summed E-state index contributed by atoms with van der Waals surface area (Å²) in [6.07, 6.45) is 11.1. The van der Waals surface area contributed by atoms with Gasteiger partial charge in [0.05, 0.1) is 11.5 Å². The molecule has 0 heterocycles. The minimum absolute atomic E-state index is 0.00804. The number of aliphatic carboxylic acids is 1. The molecule has 4 aliphatic rings. The minimum Gasteiger partial charge on any atom is -0.481 e. The van der Waals surface area contributed by atoms with Crippen molar-refractivity contribution >= 4 is 16.8 Å². The molecule has 4 nitrogen and oxygen atoms in total. The molecule has 0 aromatic carbocycles. The molecular formula is C22H38O4S. The van der Waals surface area contributed by atoms with Crippen LogP contribution >= 0.6 is 0 Å². The van der Waals surface area contributed by atoms with Gasteiger partial charge >= 0.3 is 5.97 Å². The Labute approximate surface area is 167 Å². The van der Waals surface area contributed by atoms with Gasteiger partial charge in [-0.05, 0) is 87.4 Å². The topological polar surface area (TPSA) is 74.6 Å². The normalized spacial score (nSPS) is 42.6. The quantitative estimate of drug-likeness (QED) is 0.673. The summed E-state index contributed by atoms with van der Waals surface area (Å²) in [6, 6.07) is 0. The Bertz CT molecular complexity index is 599. The predicted molar refractivity (Wildman–Crippen MR) is 109 cm³/mol. The average molecular weight is 399 g/mol. The van der Waals surface area contributed by atoms with Gasteiger partial charge in [-0.1, -0.05) is 19.8 Å². The van der Waals surface area contributed by atoms with Crippen LogP contribution in [0.2, 0.25) is 0 Å². The molecule has 2 bridgehead atoms. The van der Waals surface area contributed by atoms with E-state index in [-0.39, 0.29) is 22.9 Å². The van der Waals surface area contributed by atoms with Crippen LogP contribution in [0.1, 0.15) is 78.6 Å². The molecule has 2 N–H and O–H groups in total. The number of rotatable bonds is 7. The Morgan fingerprint density at radius 1 is 1.26 bits per heavy atom. The van der Waals surface area contributed by atoms with Gasteiger partial charge in [-0.15, -0.1) is 0 Å². The van der Waals surface area contributed by atoms with Gasteiger partial charge in [0.2, 0.25) is 0 Å². The smallest absolute Gasteiger partial charge is 0.309 e. The third kappa shape index (κ3) is 3.75. The van der Waals surface area contributed by atoms with Crippen LogP contribution in [0, 0.1) is 34.0 Å². The second kappa shape index (κ2) is 7.44. The van der Waals surface area contributed by atoms with Gasteiger partial charge in [-0.25, -0.2) is 0 Å². The van der Waals surface area contributed by atoms with E-state index in [9.17, 15) is 19.2 Å². The van der Waals surface area contributed by atoms with Crippen LogP contribution in [0.15, 0.2) is 0 Å². The molecule has 4 saturated carbocycles. The van der Waals surface area contributed by atoms with E-state index < -0.39 is 22.2 Å². The highest BCUT2D eigenvalue weighted by Gasteiger charge is 2.62. The average Bonchev–Trinajstić information content (AvgIpc) is 2.57. The van der Waals surface area contributed by atoms with E-state index >= 15 is 0 Å². The first-order valence-electron chi connectivity index (χ1n) is 10.7. The monoisotopic (exact) mass is 398 g/mol. The van der Waals surface area contributed by atoms with Crippen molar-refractivity contribution in [3.05, 3.63) is 0 Å². The molecule has 27 heavy (non-hydrogen) atoms.